The molecule has 22 heavy (non-hydrogen) atoms. The molecule has 0 aromatic heterocycles. The number of aryl methyl sites for hydroxylation is 1. The second kappa shape index (κ2) is 11.5. The lowest BCUT2D eigenvalue weighted by atomic mass is 10.1. The molecule has 1 unspecified atom stereocenters. The number of aliphatic hydroxyl groups is 1. The van der Waals surface area contributed by atoms with Crippen LogP contribution in [0.2, 0.25) is 0 Å². The van der Waals surface area contributed by atoms with Crippen LogP contribution in [0.4, 0.5) is 0 Å². The Bertz CT molecular complexity index is 414. The number of benzene rings is 1. The number of hydrogen-bond donors (Lipinski definition) is 3. The lowest BCUT2D eigenvalue weighted by Crippen LogP contribution is -2.46. The Kier molecular flexibility index (Phi) is 9.95. The van der Waals surface area contributed by atoms with Crippen LogP contribution in [-0.4, -0.2) is 41.2 Å². The zero-order chi connectivity index (χ0) is 16.2. The van der Waals surface area contributed by atoms with E-state index in [4.69, 9.17) is 5.73 Å². The molecular formula is C17H28N2O2S. The predicted octanol–water partition coefficient (Wildman–Crippen LogP) is 1.96. The largest absolute Gasteiger partial charge is 0.382 e. The van der Waals surface area contributed by atoms with Gasteiger partial charge in [0.15, 0.2) is 0 Å². The first kappa shape index (κ1) is 19.0. The molecule has 4 nitrogen and oxygen atoms in total. The molecule has 1 aromatic rings. The van der Waals surface area contributed by atoms with E-state index >= 15 is 0 Å². The number of aliphatic hydroxyl groups excluding tert-OH is 1. The minimum atomic E-state index is -1.11. The Morgan fingerprint density at radius 3 is 2.73 bits per heavy atom. The molecule has 0 aliphatic heterocycles. The van der Waals surface area contributed by atoms with E-state index in [9.17, 15) is 9.90 Å². The highest BCUT2D eigenvalue weighted by molar-refractivity contribution is 7.99. The van der Waals surface area contributed by atoms with Gasteiger partial charge in [0, 0.05) is 12.6 Å². The maximum Gasteiger partial charge on any atom is 0.250 e. The zero-order valence-electron chi connectivity index (χ0n) is 13.3. The Balaban J connectivity index is 2.11. The van der Waals surface area contributed by atoms with Crippen LogP contribution in [0, 0.1) is 0 Å². The lowest BCUT2D eigenvalue weighted by Gasteiger charge is -2.18. The van der Waals surface area contributed by atoms with Crippen molar-refractivity contribution >= 4 is 17.7 Å². The summed E-state index contributed by atoms with van der Waals surface area (Å²) < 4.78 is 0. The summed E-state index contributed by atoms with van der Waals surface area (Å²) in [6, 6.07) is 9.80. The van der Waals surface area contributed by atoms with E-state index in [2.05, 4.69) is 24.4 Å². The summed E-state index contributed by atoms with van der Waals surface area (Å²) in [6.45, 7) is 2.66. The predicted molar refractivity (Wildman–Crippen MR) is 94.0 cm³/mol. The first-order valence-corrected chi connectivity index (χ1v) is 9.13. The van der Waals surface area contributed by atoms with Crippen molar-refractivity contribution < 1.29 is 9.90 Å². The number of rotatable bonds is 11. The number of thioether (sulfide) groups is 1. The highest BCUT2D eigenvalue weighted by Crippen LogP contribution is 2.06. The fourth-order valence-corrected chi connectivity index (χ4v) is 2.86. The molecule has 1 amide bonds. The minimum absolute atomic E-state index is 0.353. The second-order valence-corrected chi connectivity index (χ2v) is 6.72. The molecule has 0 saturated heterocycles. The van der Waals surface area contributed by atoms with Crippen molar-refractivity contribution in [1.82, 2.24) is 5.32 Å². The smallest absolute Gasteiger partial charge is 0.250 e. The molecule has 124 valence electrons. The molecule has 5 heteroatoms. The summed E-state index contributed by atoms with van der Waals surface area (Å²) in [5, 5.41) is 12.6. The Morgan fingerprint density at radius 2 is 2.05 bits per heavy atom. The molecule has 1 aromatic carbocycles. The monoisotopic (exact) mass is 324 g/mol. The van der Waals surface area contributed by atoms with E-state index in [1.54, 1.807) is 11.8 Å². The standard InChI is InChI=1S/C17H28N2O2S/c1-2-22-13-11-15(18)16(20)17(21)19-12-7-6-10-14-8-4-3-5-9-14/h3-5,8-9,15-16,20H,2,6-7,10-13,18H2,1H3,(H,19,21)/t15-,16?/m1/s1. The zero-order valence-corrected chi connectivity index (χ0v) is 14.1. The molecule has 0 fully saturated rings. The van der Waals surface area contributed by atoms with Crippen LogP contribution >= 0.6 is 11.8 Å². The first-order chi connectivity index (χ1) is 10.6. The fraction of sp³-hybridized carbons (Fsp3) is 0.588. The van der Waals surface area contributed by atoms with Crippen LogP contribution in [0.15, 0.2) is 30.3 Å². The molecule has 0 heterocycles. The van der Waals surface area contributed by atoms with Crippen LogP contribution in [0.3, 0.4) is 0 Å². The van der Waals surface area contributed by atoms with Gasteiger partial charge in [0.2, 0.25) is 5.91 Å². The van der Waals surface area contributed by atoms with Crippen molar-refractivity contribution in [2.75, 3.05) is 18.1 Å². The van der Waals surface area contributed by atoms with Gasteiger partial charge in [-0.2, -0.15) is 11.8 Å². The van der Waals surface area contributed by atoms with Gasteiger partial charge in [0.1, 0.15) is 6.10 Å². The number of unbranched alkanes of at least 4 members (excludes halogenated alkanes) is 1. The molecule has 0 aliphatic rings. The van der Waals surface area contributed by atoms with E-state index in [1.807, 2.05) is 18.2 Å². The quantitative estimate of drug-likeness (QED) is 0.544. The highest BCUT2D eigenvalue weighted by atomic mass is 32.2. The van der Waals surface area contributed by atoms with Gasteiger partial charge in [0.25, 0.3) is 0 Å². The first-order valence-electron chi connectivity index (χ1n) is 7.98. The summed E-state index contributed by atoms with van der Waals surface area (Å²) in [6.07, 6.45) is 2.47. The van der Waals surface area contributed by atoms with Crippen molar-refractivity contribution in [3.05, 3.63) is 35.9 Å². The maximum atomic E-state index is 11.8. The number of amides is 1. The summed E-state index contributed by atoms with van der Waals surface area (Å²) >= 11 is 1.77. The number of carbonyl (C=O) groups is 1. The van der Waals surface area contributed by atoms with E-state index < -0.39 is 12.1 Å². The van der Waals surface area contributed by atoms with E-state index in [1.165, 1.54) is 5.56 Å². The van der Waals surface area contributed by atoms with Crippen molar-refractivity contribution in [2.45, 2.75) is 44.8 Å². The second-order valence-electron chi connectivity index (χ2n) is 5.33. The van der Waals surface area contributed by atoms with Gasteiger partial charge in [0.05, 0.1) is 0 Å². The van der Waals surface area contributed by atoms with Gasteiger partial charge >= 0.3 is 0 Å². The van der Waals surface area contributed by atoms with Gasteiger partial charge < -0.3 is 16.2 Å². The van der Waals surface area contributed by atoms with Crippen LogP contribution in [0.1, 0.15) is 31.7 Å². The van der Waals surface area contributed by atoms with Gasteiger partial charge in [-0.25, -0.2) is 0 Å². The Hall–Kier alpha value is -1.04. The number of nitrogens with two attached hydrogens (primary N) is 1. The van der Waals surface area contributed by atoms with Crippen molar-refractivity contribution in [2.24, 2.45) is 5.73 Å². The van der Waals surface area contributed by atoms with E-state index in [0.29, 0.717) is 13.0 Å². The molecule has 0 aliphatic carbocycles. The average molecular weight is 324 g/mol. The van der Waals surface area contributed by atoms with E-state index in [-0.39, 0.29) is 5.91 Å². The normalized spacial score (nSPS) is 13.6. The van der Waals surface area contributed by atoms with Gasteiger partial charge in [-0.1, -0.05) is 37.3 Å². The van der Waals surface area contributed by atoms with Crippen LogP contribution in [-0.2, 0) is 11.2 Å². The summed E-state index contributed by atoms with van der Waals surface area (Å²) in [4.78, 5) is 11.8. The molecule has 0 bridgehead atoms. The third-order valence-corrected chi connectivity index (χ3v) is 4.44. The number of carbonyl (C=O) groups excluding carboxylic acids is 1. The SMILES string of the molecule is CCSCC[C@@H](N)C(O)C(=O)NCCCCc1ccccc1. The summed E-state index contributed by atoms with van der Waals surface area (Å²) in [5.74, 6) is 1.55. The third kappa shape index (κ3) is 7.82. The number of nitrogens with one attached hydrogen (secondary N) is 1. The van der Waals surface area contributed by atoms with Gasteiger partial charge in [-0.3, -0.25) is 4.79 Å². The number of hydrogen-bond acceptors (Lipinski definition) is 4. The minimum Gasteiger partial charge on any atom is -0.382 e. The fourth-order valence-electron chi connectivity index (χ4n) is 2.13. The molecule has 4 N–H and O–H groups in total. The van der Waals surface area contributed by atoms with Crippen molar-refractivity contribution in [3.8, 4) is 0 Å². The van der Waals surface area contributed by atoms with Crippen molar-refractivity contribution in [1.29, 1.82) is 0 Å². The molecule has 0 spiro atoms. The molecular weight excluding hydrogens is 296 g/mol. The lowest BCUT2D eigenvalue weighted by molar-refractivity contribution is -0.130. The molecule has 2 atom stereocenters. The summed E-state index contributed by atoms with van der Waals surface area (Å²) in [7, 11) is 0. The van der Waals surface area contributed by atoms with Crippen molar-refractivity contribution in [3.63, 3.8) is 0 Å². The Labute approximate surface area is 137 Å². The van der Waals surface area contributed by atoms with Crippen LogP contribution in [0.5, 0.6) is 0 Å². The third-order valence-electron chi connectivity index (χ3n) is 3.51. The topological polar surface area (TPSA) is 75.3 Å². The maximum absolute atomic E-state index is 11.8. The van der Waals surface area contributed by atoms with Crippen LogP contribution < -0.4 is 11.1 Å². The van der Waals surface area contributed by atoms with Crippen LogP contribution in [0.25, 0.3) is 0 Å². The van der Waals surface area contributed by atoms with Gasteiger partial charge in [-0.05, 0) is 42.8 Å². The molecule has 0 radical (unpaired) electrons. The summed E-state index contributed by atoms with van der Waals surface area (Å²) in [5.41, 5.74) is 7.15. The molecule has 0 saturated carbocycles. The Morgan fingerprint density at radius 1 is 1.32 bits per heavy atom. The average Bonchev–Trinajstić information content (AvgIpc) is 2.54. The van der Waals surface area contributed by atoms with Gasteiger partial charge in [-0.15, -0.1) is 0 Å². The molecule has 1 rings (SSSR count). The van der Waals surface area contributed by atoms with E-state index in [0.717, 1.165) is 30.8 Å². The highest BCUT2D eigenvalue weighted by Gasteiger charge is 2.21.